The maximum Gasteiger partial charge on any atom is 0.237 e. The van der Waals surface area contributed by atoms with Crippen LogP contribution < -0.4 is 4.90 Å². The van der Waals surface area contributed by atoms with Gasteiger partial charge in [0.25, 0.3) is 0 Å². The first-order valence-corrected chi connectivity index (χ1v) is 11.5. The standard InChI is InChI=1S/C26H24N4OS/c1-3-30(22-17-11-10-12-19(22)2)23(31)18-32-26-27-24(20-13-6-4-7-14-20)25(28-29-26)21-15-8-5-9-16-21/h4-17H,3,18H2,1-2H3. The maximum absolute atomic E-state index is 13.0. The Bertz CT molecular complexity index is 1200. The second kappa shape index (κ2) is 10.2. The quantitative estimate of drug-likeness (QED) is 0.347. The molecule has 160 valence electrons. The number of hydrogen-bond acceptors (Lipinski definition) is 5. The lowest BCUT2D eigenvalue weighted by molar-refractivity contribution is -0.116. The van der Waals surface area contributed by atoms with Gasteiger partial charge in [0, 0.05) is 23.4 Å². The number of rotatable bonds is 7. The summed E-state index contributed by atoms with van der Waals surface area (Å²) in [4.78, 5) is 19.6. The SMILES string of the molecule is CCN(C(=O)CSc1nnc(-c2ccccc2)c(-c2ccccc2)n1)c1ccccc1C. The predicted octanol–water partition coefficient (Wildman–Crippen LogP) is 5.66. The van der Waals surface area contributed by atoms with Crippen LogP contribution in [-0.4, -0.2) is 33.4 Å². The summed E-state index contributed by atoms with van der Waals surface area (Å²) in [7, 11) is 0. The van der Waals surface area contributed by atoms with Crippen LogP contribution in [0.25, 0.3) is 22.5 Å². The third-order valence-electron chi connectivity index (χ3n) is 5.11. The van der Waals surface area contributed by atoms with Gasteiger partial charge >= 0.3 is 0 Å². The maximum atomic E-state index is 13.0. The van der Waals surface area contributed by atoms with Crippen LogP contribution in [0.4, 0.5) is 5.69 Å². The van der Waals surface area contributed by atoms with E-state index in [4.69, 9.17) is 4.98 Å². The number of amides is 1. The minimum atomic E-state index is 0.0174. The summed E-state index contributed by atoms with van der Waals surface area (Å²) in [6.45, 7) is 4.60. The fourth-order valence-corrected chi connectivity index (χ4v) is 4.17. The molecular weight excluding hydrogens is 416 g/mol. The Kier molecular flexibility index (Phi) is 6.92. The fraction of sp³-hybridized carbons (Fsp3) is 0.154. The molecule has 5 nitrogen and oxygen atoms in total. The summed E-state index contributed by atoms with van der Waals surface area (Å²) < 4.78 is 0. The van der Waals surface area contributed by atoms with Gasteiger partial charge in [-0.25, -0.2) is 4.98 Å². The highest BCUT2D eigenvalue weighted by Crippen LogP contribution is 2.30. The van der Waals surface area contributed by atoms with Crippen LogP contribution in [0, 0.1) is 6.92 Å². The molecule has 4 rings (SSSR count). The Morgan fingerprint density at radius 2 is 1.41 bits per heavy atom. The zero-order valence-electron chi connectivity index (χ0n) is 18.1. The van der Waals surface area contributed by atoms with E-state index in [0.29, 0.717) is 11.7 Å². The molecule has 1 heterocycles. The number of nitrogens with zero attached hydrogens (tertiary/aromatic N) is 4. The van der Waals surface area contributed by atoms with Crippen molar-refractivity contribution in [3.8, 4) is 22.5 Å². The van der Waals surface area contributed by atoms with Gasteiger partial charge in [-0.05, 0) is 25.5 Å². The number of para-hydroxylation sites is 1. The van der Waals surface area contributed by atoms with Crippen molar-refractivity contribution >= 4 is 23.4 Å². The minimum Gasteiger partial charge on any atom is -0.312 e. The third kappa shape index (κ3) is 4.86. The number of carbonyl (C=O) groups is 1. The highest BCUT2D eigenvalue weighted by atomic mass is 32.2. The van der Waals surface area contributed by atoms with Crippen molar-refractivity contribution in [1.29, 1.82) is 0 Å². The van der Waals surface area contributed by atoms with E-state index in [1.807, 2.05) is 98.8 Å². The number of hydrogen-bond donors (Lipinski definition) is 0. The Morgan fingerprint density at radius 1 is 0.812 bits per heavy atom. The normalized spacial score (nSPS) is 10.7. The van der Waals surface area contributed by atoms with E-state index >= 15 is 0 Å². The number of benzene rings is 3. The Balaban J connectivity index is 1.59. The molecule has 0 radical (unpaired) electrons. The molecular formula is C26H24N4OS. The summed E-state index contributed by atoms with van der Waals surface area (Å²) in [5.74, 6) is 0.256. The molecule has 0 saturated carbocycles. The minimum absolute atomic E-state index is 0.0174. The average Bonchev–Trinajstić information content (AvgIpc) is 2.85. The zero-order valence-corrected chi connectivity index (χ0v) is 18.9. The van der Waals surface area contributed by atoms with E-state index in [1.54, 1.807) is 4.90 Å². The van der Waals surface area contributed by atoms with E-state index < -0.39 is 0 Å². The highest BCUT2D eigenvalue weighted by Gasteiger charge is 2.18. The molecule has 1 aromatic heterocycles. The number of anilines is 1. The van der Waals surface area contributed by atoms with Crippen LogP contribution in [0.1, 0.15) is 12.5 Å². The molecule has 32 heavy (non-hydrogen) atoms. The van der Waals surface area contributed by atoms with Crippen molar-refractivity contribution in [3.63, 3.8) is 0 Å². The number of aromatic nitrogens is 3. The molecule has 0 bridgehead atoms. The van der Waals surface area contributed by atoms with Gasteiger partial charge in [-0.15, -0.1) is 10.2 Å². The monoisotopic (exact) mass is 440 g/mol. The Hall–Kier alpha value is -3.51. The molecule has 0 spiro atoms. The molecule has 6 heteroatoms. The first-order chi connectivity index (χ1) is 15.7. The van der Waals surface area contributed by atoms with E-state index in [-0.39, 0.29) is 11.7 Å². The lowest BCUT2D eigenvalue weighted by atomic mass is 10.0. The first-order valence-electron chi connectivity index (χ1n) is 10.5. The molecule has 0 aliphatic rings. The van der Waals surface area contributed by atoms with Gasteiger partial charge in [0.1, 0.15) is 11.4 Å². The van der Waals surface area contributed by atoms with Crippen molar-refractivity contribution < 1.29 is 4.79 Å². The molecule has 0 N–H and O–H groups in total. The Labute approximate surface area is 192 Å². The lowest BCUT2D eigenvalue weighted by Gasteiger charge is -2.22. The molecule has 0 saturated heterocycles. The smallest absolute Gasteiger partial charge is 0.237 e. The molecule has 4 aromatic rings. The summed E-state index contributed by atoms with van der Waals surface area (Å²) in [5, 5.41) is 9.29. The van der Waals surface area contributed by atoms with E-state index in [2.05, 4.69) is 10.2 Å². The van der Waals surface area contributed by atoms with Crippen LogP contribution in [0.2, 0.25) is 0 Å². The number of carbonyl (C=O) groups excluding carboxylic acids is 1. The Morgan fingerprint density at radius 3 is 2.03 bits per heavy atom. The topological polar surface area (TPSA) is 59.0 Å². The molecule has 0 atom stereocenters. The van der Waals surface area contributed by atoms with Crippen LogP contribution in [0.3, 0.4) is 0 Å². The van der Waals surface area contributed by atoms with Crippen molar-refractivity contribution in [2.45, 2.75) is 19.0 Å². The average molecular weight is 441 g/mol. The van der Waals surface area contributed by atoms with Crippen molar-refractivity contribution in [2.24, 2.45) is 0 Å². The molecule has 3 aromatic carbocycles. The largest absolute Gasteiger partial charge is 0.312 e. The number of aryl methyl sites for hydroxylation is 1. The van der Waals surface area contributed by atoms with Gasteiger partial charge in [0.05, 0.1) is 5.75 Å². The van der Waals surface area contributed by atoms with Gasteiger partial charge in [-0.2, -0.15) is 0 Å². The van der Waals surface area contributed by atoms with Gasteiger partial charge in [0.2, 0.25) is 11.1 Å². The third-order valence-corrected chi connectivity index (χ3v) is 5.93. The van der Waals surface area contributed by atoms with Crippen molar-refractivity contribution in [2.75, 3.05) is 17.2 Å². The van der Waals surface area contributed by atoms with Crippen molar-refractivity contribution in [1.82, 2.24) is 15.2 Å². The van der Waals surface area contributed by atoms with Crippen LogP contribution in [-0.2, 0) is 4.79 Å². The predicted molar refractivity (Wildman–Crippen MR) is 131 cm³/mol. The molecule has 0 unspecified atom stereocenters. The zero-order chi connectivity index (χ0) is 22.3. The highest BCUT2D eigenvalue weighted by molar-refractivity contribution is 7.99. The van der Waals surface area contributed by atoms with Gasteiger partial charge < -0.3 is 4.90 Å². The van der Waals surface area contributed by atoms with Crippen LogP contribution in [0.15, 0.2) is 90.1 Å². The van der Waals surface area contributed by atoms with Crippen LogP contribution >= 0.6 is 11.8 Å². The summed E-state index contributed by atoms with van der Waals surface area (Å²) in [6, 6.07) is 27.8. The van der Waals surface area contributed by atoms with Gasteiger partial charge in [-0.3, -0.25) is 4.79 Å². The lowest BCUT2D eigenvalue weighted by Crippen LogP contribution is -2.32. The second-order valence-electron chi connectivity index (χ2n) is 7.24. The number of thioether (sulfide) groups is 1. The summed E-state index contributed by atoms with van der Waals surface area (Å²) in [6.07, 6.45) is 0. The molecule has 1 amide bonds. The molecule has 0 aliphatic heterocycles. The second-order valence-corrected chi connectivity index (χ2v) is 8.18. The fourth-order valence-electron chi connectivity index (χ4n) is 3.51. The van der Waals surface area contributed by atoms with Gasteiger partial charge in [0.15, 0.2) is 0 Å². The van der Waals surface area contributed by atoms with Crippen LogP contribution in [0.5, 0.6) is 0 Å². The molecule has 0 fully saturated rings. The molecule has 0 aliphatic carbocycles. The van der Waals surface area contributed by atoms with Crippen molar-refractivity contribution in [3.05, 3.63) is 90.5 Å². The summed E-state index contributed by atoms with van der Waals surface area (Å²) in [5.41, 5.74) is 5.41. The van der Waals surface area contributed by atoms with E-state index in [9.17, 15) is 4.79 Å². The summed E-state index contributed by atoms with van der Waals surface area (Å²) >= 11 is 1.31. The van der Waals surface area contributed by atoms with E-state index in [1.165, 1.54) is 11.8 Å². The first kappa shape index (κ1) is 21.7. The van der Waals surface area contributed by atoms with E-state index in [0.717, 1.165) is 33.8 Å². The van der Waals surface area contributed by atoms with Gasteiger partial charge in [-0.1, -0.05) is 90.6 Å².